The summed E-state index contributed by atoms with van der Waals surface area (Å²) in [5, 5.41) is 5.37. The summed E-state index contributed by atoms with van der Waals surface area (Å²) in [5.74, 6) is -0.979. The molecule has 0 saturated carbocycles. The summed E-state index contributed by atoms with van der Waals surface area (Å²) in [6.45, 7) is 5.65. The van der Waals surface area contributed by atoms with Crippen molar-refractivity contribution in [2.24, 2.45) is 5.41 Å². The lowest BCUT2D eigenvalue weighted by atomic mass is 9.91. The fraction of sp³-hybridized carbons (Fsp3) is 0.375. The van der Waals surface area contributed by atoms with Crippen molar-refractivity contribution in [3.05, 3.63) is 59.2 Å². The van der Waals surface area contributed by atoms with Gasteiger partial charge in [0, 0.05) is 17.5 Å². The van der Waals surface area contributed by atoms with Crippen LogP contribution in [0.4, 0.5) is 11.4 Å². The quantitative estimate of drug-likeness (QED) is 0.673. The number of benzene rings is 2. The van der Waals surface area contributed by atoms with Crippen molar-refractivity contribution in [3.8, 4) is 0 Å². The largest absolute Gasteiger partial charge is 0.345 e. The van der Waals surface area contributed by atoms with E-state index >= 15 is 0 Å². The van der Waals surface area contributed by atoms with E-state index in [-0.39, 0.29) is 17.9 Å². The molecule has 0 atom stereocenters. The molecule has 176 valence electrons. The zero-order valence-electron chi connectivity index (χ0n) is 19.3. The highest BCUT2D eigenvalue weighted by Crippen LogP contribution is 2.30. The van der Waals surface area contributed by atoms with Crippen molar-refractivity contribution in [1.29, 1.82) is 0 Å². The Morgan fingerprint density at radius 1 is 1.03 bits per heavy atom. The molecule has 1 heterocycles. The maximum Gasteiger partial charge on any atom is 0.255 e. The van der Waals surface area contributed by atoms with Crippen molar-refractivity contribution in [1.82, 2.24) is 5.32 Å². The van der Waals surface area contributed by atoms with Gasteiger partial charge >= 0.3 is 0 Å². The van der Waals surface area contributed by atoms with Crippen molar-refractivity contribution < 1.29 is 22.8 Å². The van der Waals surface area contributed by atoms with Gasteiger partial charge in [-0.25, -0.2) is 8.42 Å². The number of rotatable bonds is 6. The maximum atomic E-state index is 12.9. The number of carbonyl (C=O) groups is 3. The number of sulfonamides is 1. The van der Waals surface area contributed by atoms with E-state index in [1.165, 1.54) is 10.6 Å². The summed E-state index contributed by atoms with van der Waals surface area (Å²) in [6.07, 6.45) is 2.50. The highest BCUT2D eigenvalue weighted by atomic mass is 32.2. The highest BCUT2D eigenvalue weighted by Gasteiger charge is 2.25. The van der Waals surface area contributed by atoms with Gasteiger partial charge in [-0.1, -0.05) is 32.9 Å². The van der Waals surface area contributed by atoms with Crippen molar-refractivity contribution in [2.45, 2.75) is 33.6 Å². The van der Waals surface area contributed by atoms with E-state index in [2.05, 4.69) is 10.6 Å². The van der Waals surface area contributed by atoms with Gasteiger partial charge in [0.1, 0.15) is 0 Å². The molecule has 0 saturated heterocycles. The molecule has 0 radical (unpaired) electrons. The first-order chi connectivity index (χ1) is 15.4. The summed E-state index contributed by atoms with van der Waals surface area (Å²) in [5.41, 5.74) is 1.73. The molecular formula is C24H29N3O5S. The van der Waals surface area contributed by atoms with E-state index in [9.17, 15) is 22.8 Å². The van der Waals surface area contributed by atoms with Crippen LogP contribution < -0.4 is 14.9 Å². The van der Waals surface area contributed by atoms with Gasteiger partial charge in [-0.05, 0) is 48.7 Å². The first-order valence-corrected chi connectivity index (χ1v) is 12.6. The SMILES string of the molecule is CC(C)(C)C(=O)CNC(=O)c1ccccc1NC(=O)c1ccc2c(c1)CCCN2S(C)(=O)=O. The van der Waals surface area contributed by atoms with Crippen LogP contribution in [0.25, 0.3) is 0 Å². The second kappa shape index (κ2) is 9.35. The van der Waals surface area contributed by atoms with Crippen LogP contribution in [0.1, 0.15) is 53.5 Å². The molecule has 2 amide bonds. The Hall–Kier alpha value is -3.20. The standard InChI is InChI=1S/C24H29N3O5S/c1-24(2,3)21(28)15-25-23(30)18-9-5-6-10-19(18)26-22(29)17-11-12-20-16(14-17)8-7-13-27(20)33(4,31)32/h5-6,9-12,14H,7-8,13,15H2,1-4H3,(H,25,30)(H,26,29). The number of hydrogen-bond acceptors (Lipinski definition) is 5. The first kappa shape index (κ1) is 24.4. The second-order valence-corrected chi connectivity index (χ2v) is 11.0. The van der Waals surface area contributed by atoms with Crippen molar-refractivity contribution in [2.75, 3.05) is 29.0 Å². The summed E-state index contributed by atoms with van der Waals surface area (Å²) in [4.78, 5) is 37.7. The van der Waals surface area contributed by atoms with Crippen LogP contribution >= 0.6 is 0 Å². The van der Waals surface area contributed by atoms with Gasteiger partial charge in [0.05, 0.1) is 29.7 Å². The van der Waals surface area contributed by atoms with Crippen LogP contribution in [0.5, 0.6) is 0 Å². The molecule has 0 spiro atoms. The topological polar surface area (TPSA) is 113 Å². The zero-order valence-corrected chi connectivity index (χ0v) is 20.1. The molecule has 3 rings (SSSR count). The number of nitrogens with one attached hydrogen (secondary N) is 2. The Bertz CT molecular complexity index is 1200. The number of nitrogens with zero attached hydrogens (tertiary/aromatic N) is 1. The average Bonchev–Trinajstić information content (AvgIpc) is 2.75. The molecule has 1 aliphatic rings. The van der Waals surface area contributed by atoms with Crippen LogP contribution in [-0.4, -0.2) is 45.4 Å². The number of Topliss-reactive ketones (excluding diaryl/α,β-unsaturated/α-hetero) is 1. The third-order valence-electron chi connectivity index (χ3n) is 5.48. The minimum absolute atomic E-state index is 0.102. The zero-order chi connectivity index (χ0) is 24.4. The third kappa shape index (κ3) is 5.78. The summed E-state index contributed by atoms with van der Waals surface area (Å²) in [7, 11) is -3.39. The number of carbonyl (C=O) groups excluding carboxylic acids is 3. The van der Waals surface area contributed by atoms with Crippen LogP contribution in [0.15, 0.2) is 42.5 Å². The molecular weight excluding hydrogens is 442 g/mol. The van der Waals surface area contributed by atoms with Crippen LogP contribution in [0.2, 0.25) is 0 Å². The lowest BCUT2D eigenvalue weighted by Gasteiger charge is -2.29. The Labute approximate surface area is 194 Å². The fourth-order valence-electron chi connectivity index (χ4n) is 3.55. The predicted octanol–water partition coefficient (Wildman–Crippen LogP) is 3.00. The number of hydrogen-bond donors (Lipinski definition) is 2. The third-order valence-corrected chi connectivity index (χ3v) is 6.66. The molecule has 2 aromatic carbocycles. The number of para-hydroxylation sites is 1. The van der Waals surface area contributed by atoms with Gasteiger partial charge in [0.15, 0.2) is 5.78 Å². The Morgan fingerprint density at radius 2 is 1.73 bits per heavy atom. The minimum atomic E-state index is -3.39. The summed E-state index contributed by atoms with van der Waals surface area (Å²) >= 11 is 0. The van der Waals surface area contributed by atoms with Gasteiger partial charge in [0.2, 0.25) is 10.0 Å². The number of amides is 2. The number of anilines is 2. The van der Waals surface area contributed by atoms with Gasteiger partial charge in [-0.3, -0.25) is 18.7 Å². The fourth-order valence-corrected chi connectivity index (χ4v) is 4.55. The molecule has 0 fully saturated rings. The predicted molar refractivity (Wildman–Crippen MR) is 128 cm³/mol. The van der Waals surface area contributed by atoms with Crippen LogP contribution in [0.3, 0.4) is 0 Å². The van der Waals surface area contributed by atoms with Crippen molar-refractivity contribution >= 4 is 39.0 Å². The number of aryl methyl sites for hydroxylation is 1. The van der Waals surface area contributed by atoms with E-state index in [4.69, 9.17) is 0 Å². The van der Waals surface area contributed by atoms with E-state index in [1.807, 2.05) is 0 Å². The van der Waals surface area contributed by atoms with Crippen LogP contribution in [0, 0.1) is 5.41 Å². The minimum Gasteiger partial charge on any atom is -0.345 e. The van der Waals surface area contributed by atoms with E-state index in [0.717, 1.165) is 5.56 Å². The van der Waals surface area contributed by atoms with Gasteiger partial charge in [-0.15, -0.1) is 0 Å². The monoisotopic (exact) mass is 471 g/mol. The van der Waals surface area contributed by atoms with Gasteiger partial charge in [0.25, 0.3) is 11.8 Å². The molecule has 0 aliphatic carbocycles. The molecule has 2 aromatic rings. The molecule has 1 aliphatic heterocycles. The Balaban J connectivity index is 1.78. The van der Waals surface area contributed by atoms with E-state index < -0.39 is 27.3 Å². The molecule has 0 bridgehead atoms. The van der Waals surface area contributed by atoms with Crippen LogP contribution in [-0.2, 0) is 21.2 Å². The molecule has 33 heavy (non-hydrogen) atoms. The smallest absolute Gasteiger partial charge is 0.255 e. The molecule has 8 nitrogen and oxygen atoms in total. The van der Waals surface area contributed by atoms with Crippen molar-refractivity contribution in [3.63, 3.8) is 0 Å². The average molecular weight is 472 g/mol. The Kier molecular flexibility index (Phi) is 6.92. The first-order valence-electron chi connectivity index (χ1n) is 10.7. The summed E-state index contributed by atoms with van der Waals surface area (Å²) < 4.78 is 25.4. The van der Waals surface area contributed by atoms with E-state index in [1.54, 1.807) is 63.2 Å². The molecule has 0 unspecified atom stereocenters. The Morgan fingerprint density at radius 3 is 2.39 bits per heavy atom. The van der Waals surface area contributed by atoms with E-state index in [0.29, 0.717) is 36.3 Å². The molecule has 0 aromatic heterocycles. The molecule has 9 heteroatoms. The van der Waals surface area contributed by atoms with Gasteiger partial charge < -0.3 is 10.6 Å². The maximum absolute atomic E-state index is 12.9. The lowest BCUT2D eigenvalue weighted by Crippen LogP contribution is -2.35. The number of ketones is 1. The summed E-state index contributed by atoms with van der Waals surface area (Å²) in [6, 6.07) is 11.5. The normalized spacial score (nSPS) is 13.8. The second-order valence-electron chi connectivity index (χ2n) is 9.14. The van der Waals surface area contributed by atoms with Gasteiger partial charge in [-0.2, -0.15) is 0 Å². The highest BCUT2D eigenvalue weighted by molar-refractivity contribution is 7.92. The lowest BCUT2D eigenvalue weighted by molar-refractivity contribution is -0.125. The number of fused-ring (bicyclic) bond motifs is 1. The molecule has 2 N–H and O–H groups in total.